The molecule has 2 saturated heterocycles. The van der Waals surface area contributed by atoms with E-state index in [0.29, 0.717) is 5.25 Å². The van der Waals surface area contributed by atoms with Gasteiger partial charge in [-0.15, -0.1) is 17.5 Å². The van der Waals surface area contributed by atoms with E-state index in [1.54, 1.807) is 11.8 Å². The molecular formula is C8H10N2OS. The van der Waals surface area contributed by atoms with E-state index in [1.165, 1.54) is 0 Å². The molecule has 2 aliphatic heterocycles. The number of nitrogens with two attached hydrogens (primary N) is 1. The third-order valence-corrected chi connectivity index (χ3v) is 3.64. The molecule has 0 radical (unpaired) electrons. The van der Waals surface area contributed by atoms with Crippen LogP contribution >= 0.6 is 11.8 Å². The van der Waals surface area contributed by atoms with E-state index in [9.17, 15) is 4.79 Å². The SMILES string of the molecule is C=C=C[C@@H]1CN2C(=O)[C@@H](N)[C@@H]2S1. The van der Waals surface area contributed by atoms with Crippen molar-refractivity contribution in [2.45, 2.75) is 16.7 Å². The van der Waals surface area contributed by atoms with Crippen molar-refractivity contribution in [3.8, 4) is 0 Å². The molecule has 2 heterocycles. The molecule has 3 nitrogen and oxygen atoms in total. The molecule has 3 atom stereocenters. The van der Waals surface area contributed by atoms with Crippen molar-refractivity contribution >= 4 is 17.7 Å². The van der Waals surface area contributed by atoms with Crippen LogP contribution in [0.2, 0.25) is 0 Å². The van der Waals surface area contributed by atoms with Crippen molar-refractivity contribution in [2.75, 3.05) is 6.54 Å². The molecular weight excluding hydrogens is 172 g/mol. The Kier molecular flexibility index (Phi) is 1.76. The standard InChI is InChI=1S/C8H10N2OS/c1-2-3-5-4-10-7(11)6(9)8(10)12-5/h3,5-6,8H,1,4,9H2/t5-,6-,8+/m1/s1. The molecule has 2 fully saturated rings. The number of β-lactam (4-membered cyclic amide) rings is 1. The van der Waals surface area contributed by atoms with Crippen molar-refractivity contribution in [1.29, 1.82) is 0 Å². The average molecular weight is 182 g/mol. The third kappa shape index (κ3) is 0.926. The van der Waals surface area contributed by atoms with E-state index in [4.69, 9.17) is 5.73 Å². The van der Waals surface area contributed by atoms with Crippen LogP contribution in [0.15, 0.2) is 18.4 Å². The van der Waals surface area contributed by atoms with Crippen molar-refractivity contribution in [3.63, 3.8) is 0 Å². The van der Waals surface area contributed by atoms with Gasteiger partial charge in [0.05, 0.1) is 0 Å². The van der Waals surface area contributed by atoms with Gasteiger partial charge in [-0.05, 0) is 6.08 Å². The Morgan fingerprint density at radius 2 is 2.58 bits per heavy atom. The van der Waals surface area contributed by atoms with Crippen LogP contribution in [0.3, 0.4) is 0 Å². The fraction of sp³-hybridized carbons (Fsp3) is 0.500. The third-order valence-electron chi connectivity index (χ3n) is 2.18. The van der Waals surface area contributed by atoms with Crippen LogP contribution in [-0.4, -0.2) is 34.0 Å². The smallest absolute Gasteiger partial charge is 0.243 e. The second kappa shape index (κ2) is 2.66. The first kappa shape index (κ1) is 7.92. The Hall–Kier alpha value is -0.700. The van der Waals surface area contributed by atoms with Crippen LogP contribution in [0.25, 0.3) is 0 Å². The maximum absolute atomic E-state index is 11.1. The molecule has 64 valence electrons. The van der Waals surface area contributed by atoms with Gasteiger partial charge in [0.15, 0.2) is 0 Å². The fourth-order valence-electron chi connectivity index (χ4n) is 1.54. The lowest BCUT2D eigenvalue weighted by molar-refractivity contribution is -0.143. The van der Waals surface area contributed by atoms with Gasteiger partial charge in [-0.3, -0.25) is 4.79 Å². The number of hydrogen-bond acceptors (Lipinski definition) is 3. The zero-order chi connectivity index (χ0) is 8.72. The van der Waals surface area contributed by atoms with Crippen molar-refractivity contribution in [1.82, 2.24) is 4.90 Å². The molecule has 0 bridgehead atoms. The van der Waals surface area contributed by atoms with Crippen molar-refractivity contribution < 1.29 is 4.79 Å². The quantitative estimate of drug-likeness (QED) is 0.456. The molecule has 0 spiro atoms. The number of fused-ring (bicyclic) bond motifs is 1. The molecule has 4 heteroatoms. The lowest BCUT2D eigenvalue weighted by atomic mass is 10.1. The Morgan fingerprint density at radius 3 is 3.17 bits per heavy atom. The van der Waals surface area contributed by atoms with Crippen LogP contribution < -0.4 is 5.73 Å². The second-order valence-electron chi connectivity index (χ2n) is 2.95. The highest BCUT2D eigenvalue weighted by Crippen LogP contribution is 2.39. The minimum atomic E-state index is -0.279. The van der Waals surface area contributed by atoms with Gasteiger partial charge in [-0.2, -0.15) is 0 Å². The van der Waals surface area contributed by atoms with E-state index in [2.05, 4.69) is 12.3 Å². The van der Waals surface area contributed by atoms with Crippen molar-refractivity contribution in [2.24, 2.45) is 5.73 Å². The Bertz CT molecular complexity index is 272. The van der Waals surface area contributed by atoms with Gasteiger partial charge in [0.1, 0.15) is 11.4 Å². The predicted octanol–water partition coefficient (Wildman–Crippen LogP) is -0.0615. The first-order valence-electron chi connectivity index (χ1n) is 3.81. The highest BCUT2D eigenvalue weighted by atomic mass is 32.2. The normalized spacial score (nSPS) is 38.6. The molecule has 2 aliphatic rings. The topological polar surface area (TPSA) is 46.3 Å². The zero-order valence-corrected chi connectivity index (χ0v) is 7.38. The lowest BCUT2D eigenvalue weighted by Gasteiger charge is -2.38. The van der Waals surface area contributed by atoms with E-state index >= 15 is 0 Å². The number of rotatable bonds is 1. The molecule has 0 saturated carbocycles. The van der Waals surface area contributed by atoms with Crippen LogP contribution in [-0.2, 0) is 4.79 Å². The number of hydrogen-bond donors (Lipinski definition) is 1. The first-order chi connectivity index (χ1) is 5.74. The van der Waals surface area contributed by atoms with Gasteiger partial charge < -0.3 is 10.6 Å². The maximum Gasteiger partial charge on any atom is 0.243 e. The van der Waals surface area contributed by atoms with E-state index in [1.807, 2.05) is 11.0 Å². The molecule has 12 heavy (non-hydrogen) atoms. The molecule has 0 aliphatic carbocycles. The van der Waals surface area contributed by atoms with Gasteiger partial charge in [0.25, 0.3) is 0 Å². The van der Waals surface area contributed by atoms with Crippen molar-refractivity contribution in [3.05, 3.63) is 18.4 Å². The summed E-state index contributed by atoms with van der Waals surface area (Å²) in [4.78, 5) is 12.9. The fourth-order valence-corrected chi connectivity index (χ4v) is 2.94. The highest BCUT2D eigenvalue weighted by Gasteiger charge is 2.50. The van der Waals surface area contributed by atoms with Gasteiger partial charge in [-0.1, -0.05) is 6.58 Å². The van der Waals surface area contributed by atoms with E-state index in [0.717, 1.165) is 6.54 Å². The summed E-state index contributed by atoms with van der Waals surface area (Å²) in [5, 5.41) is 0.539. The van der Waals surface area contributed by atoms with Gasteiger partial charge >= 0.3 is 0 Å². The molecule has 2 N–H and O–H groups in total. The van der Waals surface area contributed by atoms with Gasteiger partial charge in [0.2, 0.25) is 5.91 Å². The summed E-state index contributed by atoms with van der Waals surface area (Å²) in [7, 11) is 0. The van der Waals surface area contributed by atoms with Crippen LogP contribution in [0, 0.1) is 0 Å². The lowest BCUT2D eigenvalue weighted by Crippen LogP contribution is -2.64. The Morgan fingerprint density at radius 1 is 1.83 bits per heavy atom. The summed E-state index contributed by atoms with van der Waals surface area (Å²) < 4.78 is 0. The Balaban J connectivity index is 2.07. The van der Waals surface area contributed by atoms with E-state index < -0.39 is 0 Å². The van der Waals surface area contributed by atoms with Crippen LogP contribution in [0.4, 0.5) is 0 Å². The monoisotopic (exact) mass is 182 g/mol. The predicted molar refractivity (Wildman–Crippen MR) is 48.6 cm³/mol. The van der Waals surface area contributed by atoms with E-state index in [-0.39, 0.29) is 17.3 Å². The first-order valence-corrected chi connectivity index (χ1v) is 4.76. The number of amides is 1. The second-order valence-corrected chi connectivity index (χ2v) is 4.31. The van der Waals surface area contributed by atoms with Crippen LogP contribution in [0.5, 0.6) is 0 Å². The number of thioether (sulfide) groups is 1. The molecule has 0 unspecified atom stereocenters. The largest absolute Gasteiger partial charge is 0.326 e. The summed E-state index contributed by atoms with van der Waals surface area (Å²) in [5.74, 6) is 0.0764. The average Bonchev–Trinajstić information content (AvgIpc) is 2.45. The summed E-state index contributed by atoms with van der Waals surface area (Å²) in [5.41, 5.74) is 8.34. The number of nitrogens with zero attached hydrogens (tertiary/aromatic N) is 1. The van der Waals surface area contributed by atoms with Gasteiger partial charge in [0, 0.05) is 11.8 Å². The van der Waals surface area contributed by atoms with Gasteiger partial charge in [-0.25, -0.2) is 0 Å². The summed E-state index contributed by atoms with van der Waals surface area (Å²) in [6.45, 7) is 4.27. The highest BCUT2D eigenvalue weighted by molar-refractivity contribution is 8.01. The minimum absolute atomic E-state index is 0.0764. The minimum Gasteiger partial charge on any atom is -0.326 e. The maximum atomic E-state index is 11.1. The molecule has 0 aromatic carbocycles. The number of carbonyl (C=O) groups excluding carboxylic acids is 1. The molecule has 1 amide bonds. The summed E-state index contributed by atoms with van der Waals surface area (Å²) in [6, 6.07) is -0.279. The zero-order valence-electron chi connectivity index (χ0n) is 6.56. The molecule has 2 rings (SSSR count). The summed E-state index contributed by atoms with van der Waals surface area (Å²) >= 11 is 1.72. The molecule has 0 aromatic rings. The number of carbonyl (C=O) groups is 1. The summed E-state index contributed by atoms with van der Waals surface area (Å²) in [6.07, 6.45) is 1.89. The van der Waals surface area contributed by atoms with Crippen LogP contribution in [0.1, 0.15) is 0 Å². The Labute approximate surface area is 75.3 Å². The molecule has 0 aromatic heterocycles.